The van der Waals surface area contributed by atoms with Crippen molar-refractivity contribution in [2.75, 3.05) is 43.7 Å². The molecule has 9 heteroatoms. The van der Waals surface area contributed by atoms with Gasteiger partial charge in [0.1, 0.15) is 18.8 Å². The molecule has 2 saturated heterocycles. The van der Waals surface area contributed by atoms with Crippen molar-refractivity contribution >= 4 is 29.2 Å². The summed E-state index contributed by atoms with van der Waals surface area (Å²) in [6, 6.07) is 12.3. The highest BCUT2D eigenvalue weighted by atomic mass is 16.6. The van der Waals surface area contributed by atoms with Crippen molar-refractivity contribution in [3.63, 3.8) is 0 Å². The van der Waals surface area contributed by atoms with Crippen molar-refractivity contribution in [3.05, 3.63) is 48.0 Å². The van der Waals surface area contributed by atoms with Crippen molar-refractivity contribution in [2.45, 2.75) is 38.3 Å². The van der Waals surface area contributed by atoms with Crippen LogP contribution < -0.4 is 24.6 Å². The van der Waals surface area contributed by atoms with E-state index in [1.807, 2.05) is 50.2 Å². The number of nitrogens with zero attached hydrogens (tertiary/aromatic N) is 2. The number of ether oxygens (including phenoxy) is 3. The minimum absolute atomic E-state index is 0.180. The number of imide groups is 1. The molecule has 5 rings (SSSR count). The lowest BCUT2D eigenvalue weighted by Gasteiger charge is -2.32. The highest BCUT2D eigenvalue weighted by molar-refractivity contribution is 6.24. The first-order chi connectivity index (χ1) is 17.8. The van der Waals surface area contributed by atoms with Crippen LogP contribution in [0.1, 0.15) is 38.3 Å². The van der Waals surface area contributed by atoms with Crippen molar-refractivity contribution in [1.82, 2.24) is 5.32 Å². The van der Waals surface area contributed by atoms with Gasteiger partial charge in [0, 0.05) is 31.9 Å². The number of nitrogens with one attached hydrogen (secondary N) is 1. The minimum atomic E-state index is -1.31. The number of benzene rings is 2. The molecule has 3 heterocycles. The van der Waals surface area contributed by atoms with E-state index >= 15 is 0 Å². The maximum absolute atomic E-state index is 14.1. The summed E-state index contributed by atoms with van der Waals surface area (Å²) in [4.78, 5) is 44.8. The zero-order valence-corrected chi connectivity index (χ0v) is 21.7. The third-order valence-electron chi connectivity index (χ3n) is 7.49. The zero-order valence-electron chi connectivity index (χ0n) is 21.7. The molecule has 3 aliphatic heterocycles. The molecule has 9 nitrogen and oxygen atoms in total. The number of anilines is 2. The van der Waals surface area contributed by atoms with Gasteiger partial charge in [-0.2, -0.15) is 0 Å². The molecule has 196 valence electrons. The lowest BCUT2D eigenvalue weighted by molar-refractivity contribution is -0.155. The number of fused-ring (bicyclic) bond motifs is 2. The summed E-state index contributed by atoms with van der Waals surface area (Å²) in [6.45, 7) is 4.71. The summed E-state index contributed by atoms with van der Waals surface area (Å²) in [5.41, 5.74) is 0.947. The predicted molar refractivity (Wildman–Crippen MR) is 138 cm³/mol. The van der Waals surface area contributed by atoms with E-state index in [1.54, 1.807) is 25.1 Å². The van der Waals surface area contributed by atoms with Crippen molar-refractivity contribution in [3.8, 4) is 11.5 Å². The molecule has 37 heavy (non-hydrogen) atoms. The van der Waals surface area contributed by atoms with Gasteiger partial charge in [-0.1, -0.05) is 25.5 Å². The summed E-state index contributed by atoms with van der Waals surface area (Å²) < 4.78 is 16.8. The molecule has 2 fully saturated rings. The third kappa shape index (κ3) is 4.01. The first-order valence-electron chi connectivity index (χ1n) is 12.8. The van der Waals surface area contributed by atoms with Crippen LogP contribution in [0.15, 0.2) is 42.5 Å². The Kier molecular flexibility index (Phi) is 6.58. The molecule has 2 aromatic carbocycles. The molecule has 0 saturated carbocycles. The molecule has 4 atom stereocenters. The Morgan fingerprint density at radius 1 is 1.05 bits per heavy atom. The predicted octanol–water partition coefficient (Wildman–Crippen LogP) is 3.08. The Labute approximate surface area is 216 Å². The van der Waals surface area contributed by atoms with Crippen LogP contribution in [0.5, 0.6) is 11.5 Å². The van der Waals surface area contributed by atoms with Gasteiger partial charge in [-0.15, -0.1) is 0 Å². The van der Waals surface area contributed by atoms with Gasteiger partial charge >= 0.3 is 5.97 Å². The van der Waals surface area contributed by atoms with Crippen LogP contribution in [0.25, 0.3) is 0 Å². The molecule has 0 bridgehead atoms. The maximum atomic E-state index is 14.1. The van der Waals surface area contributed by atoms with Gasteiger partial charge in [-0.25, -0.2) is 4.90 Å². The standard InChI is InChI=1S/C28H33N3O6/c1-5-13-28(27(34)35-6-2)23-22(24(29-28)17-7-9-18(10-8-17)30(3)4)25(32)31(26(23)33)19-11-12-20-21(16-19)37-15-14-36-20/h7-12,16,22-24,29H,5-6,13-15H2,1-4H3/t22-,23-,24-,28+/m1/s1. The van der Waals surface area contributed by atoms with Crippen molar-refractivity contribution < 1.29 is 28.6 Å². The monoisotopic (exact) mass is 507 g/mol. The molecule has 0 aromatic heterocycles. The average Bonchev–Trinajstić information content (AvgIpc) is 3.38. The highest BCUT2D eigenvalue weighted by Crippen LogP contribution is 2.52. The minimum Gasteiger partial charge on any atom is -0.486 e. The Hall–Kier alpha value is -3.59. The van der Waals surface area contributed by atoms with Crippen LogP contribution in [0, 0.1) is 11.8 Å². The molecule has 2 aromatic rings. The van der Waals surface area contributed by atoms with E-state index in [1.165, 1.54) is 4.90 Å². The summed E-state index contributed by atoms with van der Waals surface area (Å²) in [7, 11) is 3.91. The maximum Gasteiger partial charge on any atom is 0.327 e. The molecule has 0 spiro atoms. The van der Waals surface area contributed by atoms with E-state index in [0.717, 1.165) is 11.3 Å². The van der Waals surface area contributed by atoms with Crippen LogP contribution in [-0.4, -0.2) is 57.2 Å². The summed E-state index contributed by atoms with van der Waals surface area (Å²) in [5.74, 6) is -1.85. The average molecular weight is 508 g/mol. The highest BCUT2D eigenvalue weighted by Gasteiger charge is 2.68. The molecular weight excluding hydrogens is 474 g/mol. The smallest absolute Gasteiger partial charge is 0.327 e. The number of carbonyl (C=O) groups is 3. The first kappa shape index (κ1) is 25.1. The van der Waals surface area contributed by atoms with Gasteiger partial charge < -0.3 is 19.1 Å². The van der Waals surface area contributed by atoms with E-state index in [2.05, 4.69) is 5.32 Å². The number of rotatable bonds is 7. The summed E-state index contributed by atoms with van der Waals surface area (Å²) >= 11 is 0. The summed E-state index contributed by atoms with van der Waals surface area (Å²) in [6.07, 6.45) is 1.00. The number of amides is 2. The second-order valence-electron chi connectivity index (χ2n) is 9.89. The van der Waals surface area contributed by atoms with E-state index in [-0.39, 0.29) is 12.5 Å². The molecule has 0 unspecified atom stereocenters. The van der Waals surface area contributed by atoms with Gasteiger partial charge in [0.25, 0.3) is 0 Å². The normalized spacial score (nSPS) is 26.3. The van der Waals surface area contributed by atoms with Crippen LogP contribution in [0.3, 0.4) is 0 Å². The molecule has 0 aliphatic carbocycles. The second kappa shape index (κ2) is 9.70. The van der Waals surface area contributed by atoms with E-state index in [9.17, 15) is 14.4 Å². The number of carbonyl (C=O) groups excluding carboxylic acids is 3. The first-order valence-corrected chi connectivity index (χ1v) is 12.8. The second-order valence-corrected chi connectivity index (χ2v) is 9.89. The quantitative estimate of drug-likeness (QED) is 0.451. The topological polar surface area (TPSA) is 97.4 Å². The fraction of sp³-hybridized carbons (Fsp3) is 0.464. The van der Waals surface area contributed by atoms with Crippen LogP contribution in [-0.2, 0) is 19.1 Å². The van der Waals surface area contributed by atoms with Crippen molar-refractivity contribution in [1.29, 1.82) is 0 Å². The summed E-state index contributed by atoms with van der Waals surface area (Å²) in [5, 5.41) is 3.44. The molecule has 3 aliphatic rings. The lowest BCUT2D eigenvalue weighted by Crippen LogP contribution is -2.56. The lowest BCUT2D eigenvalue weighted by atomic mass is 9.77. The van der Waals surface area contributed by atoms with Crippen LogP contribution in [0.2, 0.25) is 0 Å². The number of esters is 1. The molecule has 0 radical (unpaired) electrons. The Morgan fingerprint density at radius 3 is 2.41 bits per heavy atom. The van der Waals surface area contributed by atoms with E-state index in [0.29, 0.717) is 43.2 Å². The van der Waals surface area contributed by atoms with Gasteiger partial charge in [0.15, 0.2) is 11.5 Å². The zero-order chi connectivity index (χ0) is 26.3. The van der Waals surface area contributed by atoms with Gasteiger partial charge in [0.2, 0.25) is 11.8 Å². The van der Waals surface area contributed by atoms with Crippen LogP contribution in [0.4, 0.5) is 11.4 Å². The third-order valence-corrected chi connectivity index (χ3v) is 7.49. The Balaban J connectivity index is 1.60. The molecule has 1 N–H and O–H groups in total. The van der Waals surface area contributed by atoms with E-state index in [4.69, 9.17) is 14.2 Å². The molecule has 2 amide bonds. The largest absolute Gasteiger partial charge is 0.486 e. The van der Waals surface area contributed by atoms with Crippen molar-refractivity contribution in [2.24, 2.45) is 11.8 Å². The fourth-order valence-corrected chi connectivity index (χ4v) is 5.87. The van der Waals surface area contributed by atoms with Gasteiger partial charge in [0.05, 0.1) is 24.1 Å². The SMILES string of the molecule is CCC[C@]1(C(=O)OCC)N[C@H](c2ccc(N(C)C)cc2)[C@@H]2C(=O)N(c3ccc4c(c3)OCCO4)C(=O)[C@@H]21. The number of hydrogen-bond acceptors (Lipinski definition) is 8. The van der Waals surface area contributed by atoms with Crippen LogP contribution >= 0.6 is 0 Å². The van der Waals surface area contributed by atoms with Gasteiger partial charge in [-0.3, -0.25) is 19.7 Å². The van der Waals surface area contributed by atoms with E-state index < -0.39 is 35.3 Å². The Morgan fingerprint density at radius 2 is 1.76 bits per heavy atom. The Bertz CT molecular complexity index is 1210. The van der Waals surface area contributed by atoms with Gasteiger partial charge in [-0.05, 0) is 43.2 Å². The molecular formula is C28H33N3O6. The fourth-order valence-electron chi connectivity index (χ4n) is 5.87. The number of hydrogen-bond donors (Lipinski definition) is 1.